The van der Waals surface area contributed by atoms with Crippen molar-refractivity contribution in [3.8, 4) is 0 Å². The maximum Gasteiger partial charge on any atom is 0.272 e. The van der Waals surface area contributed by atoms with Gasteiger partial charge in [-0.15, -0.1) is 0 Å². The van der Waals surface area contributed by atoms with Gasteiger partial charge in [-0.3, -0.25) is 15.0 Å². The van der Waals surface area contributed by atoms with Crippen molar-refractivity contribution >= 4 is 5.69 Å². The molecule has 116 valence electrons. The van der Waals surface area contributed by atoms with Crippen LogP contribution in [0.4, 0.5) is 5.69 Å². The second kappa shape index (κ2) is 7.52. The Bertz CT molecular complexity index is 484. The number of piperidine rings is 1. The number of nitro groups is 1. The molecule has 1 heterocycles. The van der Waals surface area contributed by atoms with Gasteiger partial charge in [0.15, 0.2) is 0 Å². The molecule has 1 aliphatic heterocycles. The molecule has 21 heavy (non-hydrogen) atoms. The van der Waals surface area contributed by atoms with Gasteiger partial charge in [0, 0.05) is 24.7 Å². The van der Waals surface area contributed by atoms with E-state index in [0.29, 0.717) is 5.92 Å². The van der Waals surface area contributed by atoms with Gasteiger partial charge in [0.25, 0.3) is 5.69 Å². The minimum Gasteiger partial charge on any atom is -0.316 e. The molecule has 0 bridgehead atoms. The van der Waals surface area contributed by atoms with Crippen LogP contribution in [0.1, 0.15) is 30.9 Å². The predicted octanol–water partition coefficient (Wildman–Crippen LogP) is 2.72. The van der Waals surface area contributed by atoms with Gasteiger partial charge in [-0.2, -0.15) is 0 Å². The summed E-state index contributed by atoms with van der Waals surface area (Å²) in [5.41, 5.74) is 2.08. The van der Waals surface area contributed by atoms with Crippen LogP contribution in [0.25, 0.3) is 0 Å². The Balaban J connectivity index is 2.04. The van der Waals surface area contributed by atoms with E-state index in [2.05, 4.69) is 17.1 Å². The average molecular weight is 291 g/mol. The molecule has 2 rings (SSSR count). The van der Waals surface area contributed by atoms with Gasteiger partial charge < -0.3 is 5.32 Å². The summed E-state index contributed by atoms with van der Waals surface area (Å²) in [4.78, 5) is 13.1. The first-order valence-corrected chi connectivity index (χ1v) is 7.77. The fourth-order valence-corrected chi connectivity index (χ4v) is 3.03. The zero-order valence-corrected chi connectivity index (χ0v) is 13.0. The van der Waals surface area contributed by atoms with Crippen molar-refractivity contribution < 1.29 is 4.92 Å². The number of nitrogens with zero attached hydrogens (tertiary/aromatic N) is 2. The van der Waals surface area contributed by atoms with Crippen LogP contribution in [0, 0.1) is 23.0 Å². The molecule has 1 atom stereocenters. The average Bonchev–Trinajstić information content (AvgIpc) is 2.49. The highest BCUT2D eigenvalue weighted by Gasteiger charge is 2.18. The summed E-state index contributed by atoms with van der Waals surface area (Å²) in [6.07, 6.45) is 2.52. The highest BCUT2D eigenvalue weighted by Crippen LogP contribution is 2.23. The number of hydrogen-bond donors (Lipinski definition) is 1. The van der Waals surface area contributed by atoms with Crippen molar-refractivity contribution in [1.82, 2.24) is 10.2 Å². The fraction of sp³-hybridized carbons (Fsp3) is 0.625. The lowest BCUT2D eigenvalue weighted by molar-refractivity contribution is -0.385. The molecule has 1 unspecified atom stereocenters. The van der Waals surface area contributed by atoms with Gasteiger partial charge in [-0.05, 0) is 50.9 Å². The van der Waals surface area contributed by atoms with Gasteiger partial charge in [-0.25, -0.2) is 0 Å². The summed E-state index contributed by atoms with van der Waals surface area (Å²) in [7, 11) is 0. The summed E-state index contributed by atoms with van der Waals surface area (Å²) in [5.74, 6) is 0.692. The molecular formula is C16H25N3O2. The van der Waals surface area contributed by atoms with Crippen molar-refractivity contribution in [1.29, 1.82) is 0 Å². The standard InChI is InChI=1S/C16H25N3O2/c1-3-18(11-14-6-5-9-17-10-14)12-15-7-4-8-16(13(15)2)19(20)21/h4,7-8,14,17H,3,5-6,9-12H2,1-2H3. The van der Waals surface area contributed by atoms with E-state index < -0.39 is 0 Å². The maximum absolute atomic E-state index is 11.0. The van der Waals surface area contributed by atoms with Crippen molar-refractivity contribution in [2.24, 2.45) is 5.92 Å². The van der Waals surface area contributed by atoms with E-state index in [1.165, 1.54) is 12.8 Å². The molecule has 0 spiro atoms. The van der Waals surface area contributed by atoms with E-state index >= 15 is 0 Å². The van der Waals surface area contributed by atoms with Gasteiger partial charge in [0.05, 0.1) is 4.92 Å². The quantitative estimate of drug-likeness (QED) is 0.647. The predicted molar refractivity (Wildman–Crippen MR) is 84.4 cm³/mol. The monoisotopic (exact) mass is 291 g/mol. The van der Waals surface area contributed by atoms with E-state index in [9.17, 15) is 10.1 Å². The maximum atomic E-state index is 11.0. The Morgan fingerprint density at radius 1 is 1.48 bits per heavy atom. The van der Waals surface area contributed by atoms with Crippen LogP contribution in [0.2, 0.25) is 0 Å². The van der Waals surface area contributed by atoms with Gasteiger partial charge in [-0.1, -0.05) is 19.1 Å². The van der Waals surface area contributed by atoms with E-state index in [1.54, 1.807) is 12.1 Å². The van der Waals surface area contributed by atoms with E-state index in [4.69, 9.17) is 0 Å². The lowest BCUT2D eigenvalue weighted by Crippen LogP contribution is -2.38. The summed E-state index contributed by atoms with van der Waals surface area (Å²) in [5, 5.41) is 14.5. The Morgan fingerprint density at radius 3 is 2.90 bits per heavy atom. The largest absolute Gasteiger partial charge is 0.316 e. The molecule has 0 aliphatic carbocycles. The van der Waals surface area contributed by atoms with Crippen LogP contribution in [0.15, 0.2) is 18.2 Å². The number of rotatable bonds is 6. The van der Waals surface area contributed by atoms with Crippen LogP contribution in [0.3, 0.4) is 0 Å². The Kier molecular flexibility index (Phi) is 5.70. The molecule has 1 aliphatic rings. The van der Waals surface area contributed by atoms with Crippen LogP contribution < -0.4 is 5.32 Å². The number of nitrogens with one attached hydrogen (secondary N) is 1. The summed E-state index contributed by atoms with van der Waals surface area (Å²) in [6, 6.07) is 5.38. The first kappa shape index (κ1) is 15.9. The summed E-state index contributed by atoms with van der Waals surface area (Å²) >= 11 is 0. The van der Waals surface area contributed by atoms with Crippen molar-refractivity contribution in [2.75, 3.05) is 26.2 Å². The number of benzene rings is 1. The van der Waals surface area contributed by atoms with Crippen molar-refractivity contribution in [2.45, 2.75) is 33.2 Å². The second-order valence-electron chi connectivity index (χ2n) is 5.86. The molecular weight excluding hydrogens is 266 g/mol. The Hall–Kier alpha value is -1.46. The third-order valence-corrected chi connectivity index (χ3v) is 4.37. The van der Waals surface area contributed by atoms with E-state index in [0.717, 1.165) is 43.9 Å². The molecule has 1 N–H and O–H groups in total. The van der Waals surface area contributed by atoms with Crippen LogP contribution in [0.5, 0.6) is 0 Å². The zero-order valence-electron chi connectivity index (χ0n) is 13.0. The Labute approximate surface area is 126 Å². The first-order valence-electron chi connectivity index (χ1n) is 7.77. The molecule has 0 radical (unpaired) electrons. The molecule has 0 amide bonds. The smallest absolute Gasteiger partial charge is 0.272 e. The third-order valence-electron chi connectivity index (χ3n) is 4.37. The molecule has 5 nitrogen and oxygen atoms in total. The van der Waals surface area contributed by atoms with Crippen LogP contribution >= 0.6 is 0 Å². The molecule has 1 aromatic carbocycles. The van der Waals surface area contributed by atoms with Crippen LogP contribution in [-0.2, 0) is 6.54 Å². The molecule has 1 saturated heterocycles. The lowest BCUT2D eigenvalue weighted by Gasteiger charge is -2.29. The minimum atomic E-state index is -0.291. The topological polar surface area (TPSA) is 58.4 Å². The molecule has 1 aromatic rings. The first-order chi connectivity index (χ1) is 10.1. The molecule has 0 aromatic heterocycles. The highest BCUT2D eigenvalue weighted by molar-refractivity contribution is 5.44. The van der Waals surface area contributed by atoms with Gasteiger partial charge >= 0.3 is 0 Å². The zero-order chi connectivity index (χ0) is 15.2. The molecule has 0 saturated carbocycles. The number of nitro benzene ring substituents is 1. The lowest BCUT2D eigenvalue weighted by atomic mass is 9.98. The second-order valence-corrected chi connectivity index (χ2v) is 5.86. The Morgan fingerprint density at radius 2 is 2.29 bits per heavy atom. The molecule has 1 fully saturated rings. The molecule has 5 heteroatoms. The van der Waals surface area contributed by atoms with Crippen LogP contribution in [-0.4, -0.2) is 36.0 Å². The third kappa shape index (κ3) is 4.25. The summed E-state index contributed by atoms with van der Waals surface area (Å²) in [6.45, 7) is 9.05. The van der Waals surface area contributed by atoms with Crippen molar-refractivity contribution in [3.05, 3.63) is 39.4 Å². The van der Waals surface area contributed by atoms with Gasteiger partial charge in [0.1, 0.15) is 0 Å². The normalized spacial score (nSPS) is 18.9. The number of hydrogen-bond acceptors (Lipinski definition) is 4. The highest BCUT2D eigenvalue weighted by atomic mass is 16.6. The fourth-order valence-electron chi connectivity index (χ4n) is 3.03. The SMILES string of the molecule is CCN(Cc1cccc([N+](=O)[O-])c1C)CC1CCCNC1. The summed E-state index contributed by atoms with van der Waals surface area (Å²) < 4.78 is 0. The van der Waals surface area contributed by atoms with Crippen molar-refractivity contribution in [3.63, 3.8) is 0 Å². The minimum absolute atomic E-state index is 0.225. The van der Waals surface area contributed by atoms with E-state index in [-0.39, 0.29) is 10.6 Å². The van der Waals surface area contributed by atoms with Gasteiger partial charge in [0.2, 0.25) is 0 Å². The van der Waals surface area contributed by atoms with E-state index in [1.807, 2.05) is 13.0 Å².